The molecule has 0 aliphatic heterocycles. The molecule has 0 fully saturated rings. The molecule has 3 aromatic heterocycles. The van der Waals surface area contributed by atoms with Crippen LogP contribution in [0.4, 0.5) is 0 Å². The summed E-state index contributed by atoms with van der Waals surface area (Å²) in [6.45, 7) is 22.6. The van der Waals surface area contributed by atoms with Crippen molar-refractivity contribution < 1.29 is 30.4 Å². The van der Waals surface area contributed by atoms with Crippen LogP contribution in [0.25, 0.3) is 39.0 Å². The molecule has 3 heterocycles. The minimum atomic E-state index is -0.399. The van der Waals surface area contributed by atoms with Crippen molar-refractivity contribution >= 4 is 21.8 Å². The molecule has 0 N–H and O–H groups in total. The molecular formula is C58H56N4OPt-2. The summed E-state index contributed by atoms with van der Waals surface area (Å²) in [6.07, 6.45) is 7.84. The summed E-state index contributed by atoms with van der Waals surface area (Å²) in [5.41, 5.74) is 10.1. The van der Waals surface area contributed by atoms with E-state index < -0.39 is 5.41 Å². The van der Waals surface area contributed by atoms with E-state index in [1.165, 1.54) is 22.3 Å². The number of ether oxygens (including phenoxy) is 1. The quantitative estimate of drug-likeness (QED) is 0.107. The maximum atomic E-state index is 6.96. The van der Waals surface area contributed by atoms with E-state index in [0.717, 1.165) is 50.3 Å². The van der Waals surface area contributed by atoms with Crippen molar-refractivity contribution in [2.24, 2.45) is 0 Å². The maximum absolute atomic E-state index is 6.96. The molecule has 0 aliphatic carbocycles. The zero-order chi connectivity index (χ0) is 44.3. The molecule has 6 heteroatoms. The van der Waals surface area contributed by atoms with E-state index >= 15 is 0 Å². The van der Waals surface area contributed by atoms with E-state index in [4.69, 9.17) is 9.72 Å². The van der Waals surface area contributed by atoms with Gasteiger partial charge in [-0.05, 0) is 79.9 Å². The van der Waals surface area contributed by atoms with Gasteiger partial charge in [0.25, 0.3) is 6.33 Å². The fourth-order valence-corrected chi connectivity index (χ4v) is 8.79. The van der Waals surface area contributed by atoms with E-state index in [1.54, 1.807) is 0 Å². The van der Waals surface area contributed by atoms with Gasteiger partial charge in [-0.25, -0.2) is 4.98 Å². The number of hydrogen-bond donors (Lipinski definition) is 0. The van der Waals surface area contributed by atoms with Crippen LogP contribution in [0.5, 0.6) is 11.5 Å². The summed E-state index contributed by atoms with van der Waals surface area (Å²) in [7, 11) is 0. The van der Waals surface area contributed by atoms with Crippen LogP contribution in [-0.2, 0) is 42.7 Å². The number of hydrogen-bond acceptors (Lipinski definition) is 2. The molecule has 5 nitrogen and oxygen atoms in total. The molecule has 9 rings (SSSR count). The molecule has 0 saturated carbocycles. The normalized spacial score (nSPS) is 12.4. The SMILES string of the molecule is CC(C)(C)c1cccc(-[n+]2[c-]n(-c3[c-]c(Oc4[c-]c5c(c(C(C)(C)c6ccccc6)c4)c4ccccc4n5-c4cc(C(C)(C)C)ccn4)ccc3)c(C(C)(C)c3ccccc3)c2)c1.[Pt]. The van der Waals surface area contributed by atoms with Gasteiger partial charge in [0.1, 0.15) is 5.82 Å². The molecule has 0 amide bonds. The number of imidazole rings is 1. The topological polar surface area (TPSA) is 35.9 Å². The Labute approximate surface area is 393 Å². The van der Waals surface area contributed by atoms with Crippen LogP contribution in [0, 0.1) is 18.5 Å². The largest absolute Gasteiger partial charge is 0.510 e. The second-order valence-electron chi connectivity index (χ2n) is 19.9. The maximum Gasteiger partial charge on any atom is 0.267 e. The first kappa shape index (κ1) is 44.6. The van der Waals surface area contributed by atoms with E-state index in [9.17, 15) is 0 Å². The Bertz CT molecular complexity index is 3110. The Morgan fingerprint density at radius 1 is 0.562 bits per heavy atom. The predicted molar refractivity (Wildman–Crippen MR) is 257 cm³/mol. The predicted octanol–water partition coefficient (Wildman–Crippen LogP) is 13.7. The molecule has 0 bridgehead atoms. The summed E-state index contributed by atoms with van der Waals surface area (Å²) in [5, 5.41) is 2.27. The first-order valence-electron chi connectivity index (χ1n) is 22.0. The van der Waals surface area contributed by atoms with E-state index in [-0.39, 0.29) is 37.3 Å². The number of para-hydroxylation sites is 1. The van der Waals surface area contributed by atoms with Crippen molar-refractivity contribution in [2.75, 3.05) is 0 Å². The van der Waals surface area contributed by atoms with Crippen molar-refractivity contribution in [3.63, 3.8) is 0 Å². The van der Waals surface area contributed by atoms with E-state index in [0.29, 0.717) is 11.5 Å². The summed E-state index contributed by atoms with van der Waals surface area (Å²) < 4.78 is 13.4. The fraction of sp³-hybridized carbons (Fsp3) is 0.241. The standard InChI is InChI=1S/C58H56N4O.Pt/c1-55(2,3)42-25-19-26-44(33-42)60-38-52(58(9,10)41-23-15-12-16-24-41)61(39-60)45-27-20-28-46(35-45)63-47-36-49(57(7,8)40-21-13-11-14-22-40)54-48-29-17-18-30-50(48)62(51(54)37-47)53-34-43(31-32-59-53)56(4,5)6;/h11-34,36,38H,1-10H3;/q-2;. The molecule has 326 valence electrons. The zero-order valence-corrected chi connectivity index (χ0v) is 40.8. The van der Waals surface area contributed by atoms with Gasteiger partial charge >= 0.3 is 0 Å². The van der Waals surface area contributed by atoms with E-state index in [2.05, 4.69) is 241 Å². The van der Waals surface area contributed by atoms with Gasteiger partial charge in [-0.1, -0.05) is 171 Å². The average Bonchev–Trinajstić information content (AvgIpc) is 3.88. The Morgan fingerprint density at radius 2 is 1.17 bits per heavy atom. The molecule has 0 aliphatic rings. The summed E-state index contributed by atoms with van der Waals surface area (Å²) in [6, 6.07) is 58.8. The third-order valence-corrected chi connectivity index (χ3v) is 12.7. The second-order valence-corrected chi connectivity index (χ2v) is 19.9. The first-order chi connectivity index (χ1) is 30.0. The molecule has 64 heavy (non-hydrogen) atoms. The Kier molecular flexibility index (Phi) is 11.7. The van der Waals surface area contributed by atoms with Crippen LogP contribution < -0.4 is 9.30 Å². The summed E-state index contributed by atoms with van der Waals surface area (Å²) in [5.74, 6) is 2.02. The van der Waals surface area contributed by atoms with Crippen LogP contribution in [0.1, 0.15) is 103 Å². The minimum Gasteiger partial charge on any atom is -0.510 e. The van der Waals surface area contributed by atoms with Crippen LogP contribution in [-0.4, -0.2) is 14.1 Å². The first-order valence-corrected chi connectivity index (χ1v) is 22.0. The molecule has 0 unspecified atom stereocenters. The van der Waals surface area contributed by atoms with Crippen LogP contribution in [0.15, 0.2) is 158 Å². The average molecular weight is 1020 g/mol. The van der Waals surface area contributed by atoms with Crippen LogP contribution in [0.3, 0.4) is 0 Å². The van der Waals surface area contributed by atoms with Crippen LogP contribution in [0.2, 0.25) is 0 Å². The van der Waals surface area contributed by atoms with Gasteiger partial charge in [-0.2, -0.15) is 12.1 Å². The third-order valence-electron chi connectivity index (χ3n) is 12.7. The number of pyridine rings is 1. The van der Waals surface area contributed by atoms with Crippen LogP contribution >= 0.6 is 0 Å². The second kappa shape index (κ2) is 16.8. The molecular weight excluding hydrogens is 964 g/mol. The molecule has 9 aromatic rings. The number of aromatic nitrogens is 4. The van der Waals surface area contributed by atoms with Gasteiger partial charge in [0.2, 0.25) is 0 Å². The molecule has 0 atom stereocenters. The third kappa shape index (κ3) is 8.27. The van der Waals surface area contributed by atoms with Crippen molar-refractivity contribution in [2.45, 2.75) is 90.9 Å². The minimum absolute atomic E-state index is 0. The van der Waals surface area contributed by atoms with Crippen molar-refractivity contribution in [1.82, 2.24) is 14.1 Å². The van der Waals surface area contributed by atoms with Gasteiger partial charge in [0.05, 0.1) is 11.4 Å². The number of benzene rings is 6. The number of nitrogens with zero attached hydrogens (tertiary/aromatic N) is 4. The van der Waals surface area contributed by atoms with Gasteiger partial charge < -0.3 is 13.9 Å². The monoisotopic (exact) mass is 1020 g/mol. The van der Waals surface area contributed by atoms with Crippen molar-refractivity contribution in [3.8, 4) is 28.7 Å². The molecule has 0 spiro atoms. The van der Waals surface area contributed by atoms with Gasteiger partial charge in [0, 0.05) is 55.9 Å². The Hall–Kier alpha value is -6.03. The number of rotatable bonds is 9. The summed E-state index contributed by atoms with van der Waals surface area (Å²) in [4.78, 5) is 4.98. The van der Waals surface area contributed by atoms with Gasteiger partial charge in [-0.3, -0.25) is 4.57 Å². The van der Waals surface area contributed by atoms with E-state index in [1.807, 2.05) is 18.3 Å². The number of fused-ring (bicyclic) bond motifs is 3. The van der Waals surface area contributed by atoms with Gasteiger partial charge in [0.15, 0.2) is 0 Å². The molecule has 6 aromatic carbocycles. The Morgan fingerprint density at radius 3 is 1.86 bits per heavy atom. The summed E-state index contributed by atoms with van der Waals surface area (Å²) >= 11 is 0. The van der Waals surface area contributed by atoms with Gasteiger partial charge in [-0.15, -0.1) is 29.8 Å². The fourth-order valence-electron chi connectivity index (χ4n) is 8.79. The zero-order valence-electron chi connectivity index (χ0n) is 38.5. The Balaban J connectivity index is 0.00000560. The molecule has 0 radical (unpaired) electrons. The smallest absolute Gasteiger partial charge is 0.267 e. The van der Waals surface area contributed by atoms with Crippen molar-refractivity contribution in [3.05, 3.63) is 210 Å². The van der Waals surface area contributed by atoms with Crippen molar-refractivity contribution in [1.29, 1.82) is 0 Å². The molecule has 0 saturated heterocycles.